The van der Waals surface area contributed by atoms with E-state index in [1.807, 2.05) is 0 Å². The zero-order valence-corrected chi connectivity index (χ0v) is 8.09. The van der Waals surface area contributed by atoms with Gasteiger partial charge in [0, 0.05) is 6.42 Å². The van der Waals surface area contributed by atoms with Crippen molar-refractivity contribution in [2.45, 2.75) is 33.1 Å². The molecule has 0 aromatic carbocycles. The Labute approximate surface area is 77.1 Å². The summed E-state index contributed by atoms with van der Waals surface area (Å²) >= 11 is 0. The van der Waals surface area contributed by atoms with Crippen molar-refractivity contribution in [2.24, 2.45) is 11.8 Å². The van der Waals surface area contributed by atoms with Gasteiger partial charge >= 0.3 is 0 Å². The fourth-order valence-electron chi connectivity index (χ4n) is 2.02. The predicted octanol–water partition coefficient (Wildman–Crippen LogP) is 1.73. The molecule has 0 spiro atoms. The smallest absolute Gasteiger partial charge is 0.283 e. The summed E-state index contributed by atoms with van der Waals surface area (Å²) < 4.78 is 5.08. The van der Waals surface area contributed by atoms with Crippen molar-refractivity contribution < 1.29 is 4.52 Å². The Morgan fingerprint density at radius 2 is 2.31 bits per heavy atom. The zero-order chi connectivity index (χ0) is 9.42. The SMILES string of the molecule is CC(C)[C@@H]1CCc2o[nH]c(=O)c2C1. The molecule has 1 atom stereocenters. The average molecular weight is 181 g/mol. The van der Waals surface area contributed by atoms with Gasteiger partial charge in [-0.2, -0.15) is 5.16 Å². The van der Waals surface area contributed by atoms with Gasteiger partial charge in [-0.05, 0) is 24.7 Å². The Morgan fingerprint density at radius 1 is 1.54 bits per heavy atom. The van der Waals surface area contributed by atoms with E-state index in [0.717, 1.165) is 30.6 Å². The molecule has 1 aliphatic rings. The average Bonchev–Trinajstić information content (AvgIpc) is 2.47. The Kier molecular flexibility index (Phi) is 2.02. The van der Waals surface area contributed by atoms with Crippen LogP contribution in [-0.4, -0.2) is 5.16 Å². The molecule has 0 aliphatic heterocycles. The second kappa shape index (κ2) is 3.05. The molecule has 0 radical (unpaired) electrons. The van der Waals surface area contributed by atoms with Crippen molar-refractivity contribution in [1.82, 2.24) is 5.16 Å². The molecule has 1 N–H and O–H groups in total. The monoisotopic (exact) mass is 181 g/mol. The Balaban J connectivity index is 2.28. The summed E-state index contributed by atoms with van der Waals surface area (Å²) in [7, 11) is 0. The lowest BCUT2D eigenvalue weighted by atomic mass is 9.81. The number of aryl methyl sites for hydroxylation is 1. The molecule has 0 bridgehead atoms. The molecule has 1 aliphatic carbocycles. The lowest BCUT2D eigenvalue weighted by molar-refractivity contribution is 0.305. The third kappa shape index (κ3) is 1.43. The summed E-state index contributed by atoms with van der Waals surface area (Å²) in [6.07, 6.45) is 2.95. The van der Waals surface area contributed by atoms with Crippen LogP contribution < -0.4 is 5.56 Å². The van der Waals surface area contributed by atoms with Crippen LogP contribution in [0.15, 0.2) is 9.32 Å². The molecular weight excluding hydrogens is 166 g/mol. The molecule has 2 rings (SSSR count). The highest BCUT2D eigenvalue weighted by atomic mass is 16.5. The Hall–Kier alpha value is -0.990. The van der Waals surface area contributed by atoms with Crippen molar-refractivity contribution in [2.75, 3.05) is 0 Å². The van der Waals surface area contributed by atoms with Gasteiger partial charge in [-0.15, -0.1) is 0 Å². The van der Waals surface area contributed by atoms with Crippen LogP contribution in [0.1, 0.15) is 31.6 Å². The van der Waals surface area contributed by atoms with Crippen molar-refractivity contribution in [3.63, 3.8) is 0 Å². The largest absolute Gasteiger partial charge is 0.383 e. The quantitative estimate of drug-likeness (QED) is 0.717. The highest BCUT2D eigenvalue weighted by Gasteiger charge is 2.25. The Morgan fingerprint density at radius 3 is 3.00 bits per heavy atom. The number of H-pyrrole nitrogens is 1. The lowest BCUT2D eigenvalue weighted by Gasteiger charge is -2.23. The van der Waals surface area contributed by atoms with E-state index in [1.54, 1.807) is 0 Å². The van der Waals surface area contributed by atoms with Crippen LogP contribution >= 0.6 is 0 Å². The summed E-state index contributed by atoms with van der Waals surface area (Å²) in [6, 6.07) is 0. The number of fused-ring (bicyclic) bond motifs is 1. The predicted molar refractivity (Wildman–Crippen MR) is 49.7 cm³/mol. The Bertz CT molecular complexity index is 348. The molecule has 1 aromatic rings. The van der Waals surface area contributed by atoms with Crippen LogP contribution in [0.3, 0.4) is 0 Å². The van der Waals surface area contributed by atoms with Crippen LogP contribution in [0.4, 0.5) is 0 Å². The van der Waals surface area contributed by atoms with Crippen molar-refractivity contribution in [1.29, 1.82) is 0 Å². The first kappa shape index (κ1) is 8.60. The molecule has 3 nitrogen and oxygen atoms in total. The molecule has 72 valence electrons. The van der Waals surface area contributed by atoms with Gasteiger partial charge in [0.1, 0.15) is 5.76 Å². The molecule has 1 aromatic heterocycles. The number of hydrogen-bond donors (Lipinski definition) is 1. The molecule has 0 saturated heterocycles. The van der Waals surface area contributed by atoms with Crippen LogP contribution in [0.2, 0.25) is 0 Å². The van der Waals surface area contributed by atoms with E-state index in [2.05, 4.69) is 19.0 Å². The fourth-order valence-corrected chi connectivity index (χ4v) is 2.02. The number of nitrogens with one attached hydrogen (secondary N) is 1. The number of hydrogen-bond acceptors (Lipinski definition) is 2. The van der Waals surface area contributed by atoms with E-state index in [1.165, 1.54) is 0 Å². The van der Waals surface area contributed by atoms with Crippen molar-refractivity contribution >= 4 is 0 Å². The van der Waals surface area contributed by atoms with Crippen LogP contribution in [0.5, 0.6) is 0 Å². The van der Waals surface area contributed by atoms with Gasteiger partial charge in [0.15, 0.2) is 0 Å². The minimum absolute atomic E-state index is 0.0275. The summed E-state index contributed by atoms with van der Waals surface area (Å²) in [5, 5.41) is 2.41. The van der Waals surface area contributed by atoms with Crippen molar-refractivity contribution in [3.05, 3.63) is 21.7 Å². The zero-order valence-electron chi connectivity index (χ0n) is 8.09. The van der Waals surface area contributed by atoms with Crippen LogP contribution in [0.25, 0.3) is 0 Å². The van der Waals surface area contributed by atoms with E-state index < -0.39 is 0 Å². The third-order valence-corrected chi connectivity index (χ3v) is 3.03. The summed E-state index contributed by atoms with van der Waals surface area (Å²) in [5.41, 5.74) is 0.852. The summed E-state index contributed by atoms with van der Waals surface area (Å²) in [5.74, 6) is 2.18. The maximum atomic E-state index is 11.3. The van der Waals surface area contributed by atoms with Gasteiger partial charge in [0.2, 0.25) is 0 Å². The second-order valence-corrected chi connectivity index (χ2v) is 4.18. The van der Waals surface area contributed by atoms with Gasteiger partial charge in [-0.25, -0.2) is 0 Å². The minimum Gasteiger partial charge on any atom is -0.383 e. The lowest BCUT2D eigenvalue weighted by Crippen LogP contribution is -2.22. The fraction of sp³-hybridized carbons (Fsp3) is 0.700. The van der Waals surface area contributed by atoms with Crippen molar-refractivity contribution in [3.8, 4) is 0 Å². The van der Waals surface area contributed by atoms with E-state index in [4.69, 9.17) is 4.52 Å². The highest BCUT2D eigenvalue weighted by Crippen LogP contribution is 2.27. The molecule has 0 amide bonds. The molecule has 0 unspecified atom stereocenters. The summed E-state index contributed by atoms with van der Waals surface area (Å²) in [6.45, 7) is 4.42. The van der Waals surface area contributed by atoms with E-state index in [0.29, 0.717) is 11.8 Å². The standard InChI is InChI=1S/C10H15NO2/c1-6(2)7-3-4-9-8(5-7)10(12)11-13-9/h6-7H,3-5H2,1-2H3,(H,11,12)/t7-/m1/s1. The van der Waals surface area contributed by atoms with Crippen LogP contribution in [-0.2, 0) is 12.8 Å². The van der Waals surface area contributed by atoms with Gasteiger partial charge in [0.05, 0.1) is 5.56 Å². The highest BCUT2D eigenvalue weighted by molar-refractivity contribution is 5.17. The molecule has 1 heterocycles. The van der Waals surface area contributed by atoms with E-state index >= 15 is 0 Å². The molecule has 0 fully saturated rings. The normalized spacial score (nSPS) is 21.9. The van der Waals surface area contributed by atoms with Gasteiger partial charge < -0.3 is 4.52 Å². The minimum atomic E-state index is -0.0275. The third-order valence-electron chi connectivity index (χ3n) is 3.03. The topological polar surface area (TPSA) is 46.0 Å². The maximum Gasteiger partial charge on any atom is 0.283 e. The van der Waals surface area contributed by atoms with Crippen LogP contribution in [0, 0.1) is 11.8 Å². The summed E-state index contributed by atoms with van der Waals surface area (Å²) in [4.78, 5) is 11.3. The number of aromatic nitrogens is 1. The maximum absolute atomic E-state index is 11.3. The molecular formula is C10H15NO2. The van der Waals surface area contributed by atoms with E-state index in [-0.39, 0.29) is 5.56 Å². The van der Waals surface area contributed by atoms with Gasteiger partial charge in [-0.1, -0.05) is 13.8 Å². The van der Waals surface area contributed by atoms with E-state index in [9.17, 15) is 4.79 Å². The molecule has 13 heavy (non-hydrogen) atoms. The first-order chi connectivity index (χ1) is 6.18. The first-order valence-electron chi connectivity index (χ1n) is 4.87. The molecule has 3 heteroatoms. The first-order valence-corrected chi connectivity index (χ1v) is 4.87. The number of rotatable bonds is 1. The van der Waals surface area contributed by atoms with Gasteiger partial charge in [0.25, 0.3) is 5.56 Å². The number of aromatic amines is 1. The molecule has 0 saturated carbocycles. The second-order valence-electron chi connectivity index (χ2n) is 4.18. The van der Waals surface area contributed by atoms with Gasteiger partial charge in [-0.3, -0.25) is 4.79 Å².